The second kappa shape index (κ2) is 6.56. The number of rotatable bonds is 5. The molecule has 0 radical (unpaired) electrons. The third kappa shape index (κ3) is 2.62. The maximum Gasteiger partial charge on any atom is 0.240 e. The fraction of sp³-hybridized carbons (Fsp3) is 0.438. The smallest absolute Gasteiger partial charge is 0.240 e. The number of benzene rings is 1. The van der Waals surface area contributed by atoms with Crippen molar-refractivity contribution in [1.82, 2.24) is 15.0 Å². The van der Waals surface area contributed by atoms with Crippen LogP contribution >= 0.6 is 0 Å². The highest BCUT2D eigenvalue weighted by Crippen LogP contribution is 2.32. The van der Waals surface area contributed by atoms with Gasteiger partial charge in [0.2, 0.25) is 5.91 Å². The Hall–Kier alpha value is -2.48. The summed E-state index contributed by atoms with van der Waals surface area (Å²) in [6, 6.07) is 3.62. The molecule has 24 heavy (non-hydrogen) atoms. The van der Waals surface area contributed by atoms with E-state index in [0.717, 1.165) is 11.3 Å². The molecule has 2 aromatic rings. The minimum atomic E-state index is -0.723. The van der Waals surface area contributed by atoms with E-state index >= 15 is 0 Å². The van der Waals surface area contributed by atoms with Gasteiger partial charge in [0.05, 0.1) is 12.8 Å². The second-order valence-corrected chi connectivity index (χ2v) is 5.66. The van der Waals surface area contributed by atoms with Gasteiger partial charge in [0.1, 0.15) is 36.0 Å². The number of ether oxygens (including phenoxy) is 2. The number of hydrazone groups is 1. The number of methoxy groups -OCH3 is 2. The number of imidazole rings is 1. The number of alkyl halides is 1. The number of hydrogen-bond acceptors (Lipinski definition) is 5. The molecule has 1 aliphatic rings. The standard InChI is InChI=1S/C16H19FN4O3/c1-9-6-13(22)19-20-14(9)10-4-5-11(24-3)16-15(10)18-12(7-17)21(16)8-23-2/h4-5,9H,6-8H2,1-3H3,(H,19,22). The van der Waals surface area contributed by atoms with Gasteiger partial charge in [-0.25, -0.2) is 14.8 Å². The van der Waals surface area contributed by atoms with Gasteiger partial charge in [0.15, 0.2) is 0 Å². The van der Waals surface area contributed by atoms with Crippen molar-refractivity contribution < 1.29 is 18.7 Å². The number of carbonyl (C=O) groups is 1. The van der Waals surface area contributed by atoms with Crippen LogP contribution in [0, 0.1) is 5.92 Å². The Morgan fingerprint density at radius 1 is 1.42 bits per heavy atom. The number of fused-ring (bicyclic) bond motifs is 1. The number of hydrogen-bond donors (Lipinski definition) is 1. The van der Waals surface area contributed by atoms with Crippen molar-refractivity contribution in [2.45, 2.75) is 26.7 Å². The van der Waals surface area contributed by atoms with E-state index in [1.807, 2.05) is 13.0 Å². The van der Waals surface area contributed by atoms with Gasteiger partial charge >= 0.3 is 0 Å². The molecule has 1 unspecified atom stereocenters. The van der Waals surface area contributed by atoms with Crippen molar-refractivity contribution in [2.24, 2.45) is 11.0 Å². The van der Waals surface area contributed by atoms with Crippen LogP contribution in [0.2, 0.25) is 0 Å². The van der Waals surface area contributed by atoms with E-state index in [0.29, 0.717) is 23.2 Å². The van der Waals surface area contributed by atoms with Gasteiger partial charge in [-0.3, -0.25) is 9.36 Å². The van der Waals surface area contributed by atoms with E-state index in [9.17, 15) is 9.18 Å². The van der Waals surface area contributed by atoms with Crippen LogP contribution in [-0.4, -0.2) is 35.4 Å². The van der Waals surface area contributed by atoms with Crippen molar-refractivity contribution in [3.05, 3.63) is 23.5 Å². The number of halogens is 1. The summed E-state index contributed by atoms with van der Waals surface area (Å²) in [7, 11) is 3.08. The number of amides is 1. The first kappa shape index (κ1) is 16.4. The molecule has 1 aromatic carbocycles. The summed E-state index contributed by atoms with van der Waals surface area (Å²) < 4.78 is 25.6. The van der Waals surface area contributed by atoms with Crippen LogP contribution in [0.5, 0.6) is 5.75 Å². The molecule has 1 aromatic heterocycles. The van der Waals surface area contributed by atoms with E-state index in [-0.39, 0.29) is 24.4 Å². The third-order valence-corrected chi connectivity index (χ3v) is 4.07. The Balaban J connectivity index is 2.25. The van der Waals surface area contributed by atoms with E-state index in [2.05, 4.69) is 15.5 Å². The van der Waals surface area contributed by atoms with Gasteiger partial charge in [0, 0.05) is 25.0 Å². The molecule has 0 saturated carbocycles. The Morgan fingerprint density at radius 3 is 2.83 bits per heavy atom. The highest BCUT2D eigenvalue weighted by Gasteiger charge is 2.26. The minimum Gasteiger partial charge on any atom is -0.494 e. The summed E-state index contributed by atoms with van der Waals surface area (Å²) in [6.45, 7) is 1.36. The van der Waals surface area contributed by atoms with Crippen molar-refractivity contribution >= 4 is 22.7 Å². The SMILES string of the molecule is COCn1c(CF)nc2c(C3=NNC(=O)CC3C)ccc(OC)c21. The maximum absolute atomic E-state index is 13.4. The molecule has 1 N–H and O–H groups in total. The Morgan fingerprint density at radius 2 is 2.21 bits per heavy atom. The second-order valence-electron chi connectivity index (χ2n) is 5.66. The summed E-state index contributed by atoms with van der Waals surface area (Å²) in [4.78, 5) is 15.9. The average Bonchev–Trinajstić information content (AvgIpc) is 2.94. The lowest BCUT2D eigenvalue weighted by Crippen LogP contribution is -2.32. The number of nitrogens with zero attached hydrogens (tertiary/aromatic N) is 3. The first-order valence-electron chi connectivity index (χ1n) is 7.58. The third-order valence-electron chi connectivity index (χ3n) is 4.07. The predicted molar refractivity (Wildman–Crippen MR) is 86.6 cm³/mol. The predicted octanol–water partition coefficient (Wildman–Crippen LogP) is 1.98. The van der Waals surface area contributed by atoms with Crippen LogP contribution in [0.4, 0.5) is 4.39 Å². The Kier molecular flexibility index (Phi) is 4.48. The topological polar surface area (TPSA) is 77.7 Å². The summed E-state index contributed by atoms with van der Waals surface area (Å²) in [6.07, 6.45) is 0.348. The lowest BCUT2D eigenvalue weighted by Gasteiger charge is -2.20. The zero-order valence-corrected chi connectivity index (χ0v) is 13.8. The first-order valence-corrected chi connectivity index (χ1v) is 7.58. The minimum absolute atomic E-state index is 0.0586. The maximum atomic E-state index is 13.4. The molecule has 0 spiro atoms. The van der Waals surface area contributed by atoms with Gasteiger partial charge in [-0.1, -0.05) is 6.92 Å². The summed E-state index contributed by atoms with van der Waals surface area (Å²) in [5.74, 6) is 0.652. The van der Waals surface area contributed by atoms with Crippen molar-refractivity contribution in [1.29, 1.82) is 0 Å². The number of aromatic nitrogens is 2. The molecule has 7 nitrogen and oxygen atoms in total. The highest BCUT2D eigenvalue weighted by molar-refractivity contribution is 6.13. The van der Waals surface area contributed by atoms with Crippen molar-refractivity contribution in [3.8, 4) is 5.75 Å². The lowest BCUT2D eigenvalue weighted by atomic mass is 9.93. The number of carbonyl (C=O) groups excluding carboxylic acids is 1. The van der Waals surface area contributed by atoms with Crippen LogP contribution in [0.25, 0.3) is 11.0 Å². The number of nitrogens with one attached hydrogen (secondary N) is 1. The van der Waals surface area contributed by atoms with Gasteiger partial charge in [-0.15, -0.1) is 0 Å². The van der Waals surface area contributed by atoms with E-state index < -0.39 is 6.67 Å². The quantitative estimate of drug-likeness (QED) is 0.907. The molecule has 1 amide bonds. The molecular weight excluding hydrogens is 315 g/mol. The molecule has 0 bridgehead atoms. The first-order chi connectivity index (χ1) is 11.6. The van der Waals surface area contributed by atoms with Gasteiger partial charge in [-0.2, -0.15) is 5.10 Å². The summed E-state index contributed by atoms with van der Waals surface area (Å²) >= 11 is 0. The van der Waals surface area contributed by atoms with Crippen LogP contribution < -0.4 is 10.2 Å². The molecule has 0 saturated heterocycles. The fourth-order valence-corrected chi connectivity index (χ4v) is 2.97. The largest absolute Gasteiger partial charge is 0.494 e. The van der Waals surface area contributed by atoms with E-state index in [4.69, 9.17) is 9.47 Å². The van der Waals surface area contributed by atoms with E-state index in [1.54, 1.807) is 17.7 Å². The van der Waals surface area contributed by atoms with Gasteiger partial charge < -0.3 is 9.47 Å². The summed E-state index contributed by atoms with van der Waals surface area (Å²) in [5.41, 5.74) is 5.20. The molecule has 1 aliphatic heterocycles. The Bertz CT molecular complexity index is 815. The van der Waals surface area contributed by atoms with Crippen LogP contribution in [0.15, 0.2) is 17.2 Å². The molecular formula is C16H19FN4O3. The fourth-order valence-electron chi connectivity index (χ4n) is 2.97. The zero-order valence-electron chi connectivity index (χ0n) is 13.8. The van der Waals surface area contributed by atoms with Gasteiger partial charge in [0.25, 0.3) is 0 Å². The Labute approximate surface area is 138 Å². The van der Waals surface area contributed by atoms with E-state index in [1.165, 1.54) is 7.11 Å². The molecule has 1 atom stereocenters. The van der Waals surface area contributed by atoms with Crippen molar-refractivity contribution in [3.63, 3.8) is 0 Å². The van der Waals surface area contributed by atoms with Crippen LogP contribution in [0.3, 0.4) is 0 Å². The molecule has 2 heterocycles. The normalized spacial score (nSPS) is 17.8. The molecule has 3 rings (SSSR count). The van der Waals surface area contributed by atoms with Crippen molar-refractivity contribution in [2.75, 3.05) is 14.2 Å². The average molecular weight is 334 g/mol. The molecule has 128 valence electrons. The molecule has 0 fully saturated rings. The monoisotopic (exact) mass is 334 g/mol. The molecule has 0 aliphatic carbocycles. The summed E-state index contributed by atoms with van der Waals surface area (Å²) in [5, 5.41) is 4.18. The van der Waals surface area contributed by atoms with Gasteiger partial charge in [-0.05, 0) is 12.1 Å². The lowest BCUT2D eigenvalue weighted by molar-refractivity contribution is -0.121. The van der Waals surface area contributed by atoms with Crippen LogP contribution in [0.1, 0.15) is 24.7 Å². The highest BCUT2D eigenvalue weighted by atomic mass is 19.1. The molecule has 8 heteroatoms. The zero-order chi connectivity index (χ0) is 17.3. The van der Waals surface area contributed by atoms with Crippen LogP contribution in [-0.2, 0) is 22.9 Å².